The Morgan fingerprint density at radius 2 is 2.03 bits per heavy atom. The zero-order valence-corrected chi connectivity index (χ0v) is 17.6. The van der Waals surface area contributed by atoms with E-state index in [2.05, 4.69) is 4.98 Å². The number of aromatic nitrogens is 2. The summed E-state index contributed by atoms with van der Waals surface area (Å²) in [4.78, 5) is 4.74. The molecule has 0 fully saturated rings. The Bertz CT molecular complexity index is 1170. The fraction of sp³-hybridized carbons (Fsp3) is 0.286. The molecule has 0 saturated heterocycles. The van der Waals surface area contributed by atoms with Crippen LogP contribution >= 0.6 is 0 Å². The van der Waals surface area contributed by atoms with Crippen LogP contribution in [-0.4, -0.2) is 42.9 Å². The number of hydrogen-bond donors (Lipinski definition) is 1. The summed E-state index contributed by atoms with van der Waals surface area (Å²) < 4.78 is 42.1. The van der Waals surface area contributed by atoms with Gasteiger partial charge in [0.25, 0.3) is 0 Å². The Balaban J connectivity index is 2.06. The molecule has 0 bridgehead atoms. The highest BCUT2D eigenvalue weighted by molar-refractivity contribution is 7.89. The molecule has 2 heterocycles. The van der Waals surface area contributed by atoms with Crippen molar-refractivity contribution in [2.75, 3.05) is 20.6 Å². The molecule has 29 heavy (non-hydrogen) atoms. The molecule has 154 valence electrons. The van der Waals surface area contributed by atoms with Gasteiger partial charge in [0.15, 0.2) is 0 Å². The molecule has 0 radical (unpaired) electrons. The van der Waals surface area contributed by atoms with Crippen molar-refractivity contribution in [3.63, 3.8) is 0 Å². The van der Waals surface area contributed by atoms with Crippen molar-refractivity contribution >= 4 is 21.1 Å². The Labute approximate surface area is 170 Å². The molecule has 0 aliphatic heterocycles. The van der Waals surface area contributed by atoms with Crippen molar-refractivity contribution in [3.8, 4) is 0 Å². The normalized spacial score (nSPS) is 12.8. The first-order valence-corrected chi connectivity index (χ1v) is 10.7. The van der Waals surface area contributed by atoms with E-state index in [1.807, 2.05) is 29.7 Å². The summed E-state index contributed by atoms with van der Waals surface area (Å²) in [5.41, 5.74) is 9.72. The van der Waals surface area contributed by atoms with Gasteiger partial charge in [0.05, 0.1) is 22.5 Å². The summed E-state index contributed by atoms with van der Waals surface area (Å²) in [5.74, 6) is -0.304. The lowest BCUT2D eigenvalue weighted by atomic mass is 10.0. The third-order valence-corrected chi connectivity index (χ3v) is 6.72. The molecule has 0 saturated carbocycles. The Kier molecular flexibility index (Phi) is 6.16. The molecule has 0 unspecified atom stereocenters. The fourth-order valence-electron chi connectivity index (χ4n) is 3.35. The fourth-order valence-corrected chi connectivity index (χ4v) is 4.32. The Morgan fingerprint density at radius 3 is 2.72 bits per heavy atom. The van der Waals surface area contributed by atoms with Gasteiger partial charge in [-0.15, -0.1) is 0 Å². The number of halogens is 1. The van der Waals surface area contributed by atoms with Crippen molar-refractivity contribution in [2.24, 2.45) is 5.73 Å². The van der Waals surface area contributed by atoms with Crippen molar-refractivity contribution < 1.29 is 12.8 Å². The quantitative estimate of drug-likeness (QED) is 0.642. The molecule has 0 spiro atoms. The number of rotatable bonds is 7. The molecule has 8 heteroatoms. The maximum absolute atomic E-state index is 14.2. The van der Waals surface area contributed by atoms with E-state index < -0.39 is 10.0 Å². The summed E-state index contributed by atoms with van der Waals surface area (Å²) in [6.07, 6.45) is 3.55. The van der Waals surface area contributed by atoms with Crippen LogP contribution in [0, 0.1) is 6.92 Å². The van der Waals surface area contributed by atoms with E-state index in [1.165, 1.54) is 24.5 Å². The molecule has 0 atom stereocenters. The van der Waals surface area contributed by atoms with E-state index in [4.69, 9.17) is 5.73 Å². The number of fused-ring (bicyclic) bond motifs is 1. The highest BCUT2D eigenvalue weighted by Gasteiger charge is 2.19. The van der Waals surface area contributed by atoms with Crippen LogP contribution in [0.2, 0.25) is 0 Å². The second-order valence-electron chi connectivity index (χ2n) is 7.02. The monoisotopic (exact) mass is 416 g/mol. The van der Waals surface area contributed by atoms with Gasteiger partial charge in [-0.1, -0.05) is 12.1 Å². The minimum atomic E-state index is -3.52. The molecule has 0 aliphatic rings. The van der Waals surface area contributed by atoms with E-state index in [-0.39, 0.29) is 23.8 Å². The maximum atomic E-state index is 14.2. The topological polar surface area (TPSA) is 81.2 Å². The van der Waals surface area contributed by atoms with Gasteiger partial charge in [-0.25, -0.2) is 17.1 Å². The van der Waals surface area contributed by atoms with Crippen LogP contribution < -0.4 is 5.73 Å². The number of nitrogens with two attached hydrogens (primary N) is 1. The zero-order chi connectivity index (χ0) is 21.2. The number of benzene rings is 1. The smallest absolute Gasteiger partial charge is 0.242 e. The van der Waals surface area contributed by atoms with Crippen LogP contribution in [0.4, 0.5) is 4.39 Å². The average molecular weight is 417 g/mol. The van der Waals surface area contributed by atoms with Gasteiger partial charge in [0.2, 0.25) is 10.0 Å². The average Bonchev–Trinajstić information content (AvgIpc) is 2.94. The Hall–Kier alpha value is -2.55. The molecule has 6 nitrogen and oxygen atoms in total. The summed E-state index contributed by atoms with van der Waals surface area (Å²) in [7, 11) is -0.504. The standard InChI is InChI=1S/C21H25FN4O2S/c1-15-19(13-16-6-4-7-18(12-16)29(27,28)25(2)3)21-20(8-5-11-24-21)26(15)14-17(22)9-10-23/h4-9,11-12H,10,13-14,23H2,1-3H3. The first-order valence-electron chi connectivity index (χ1n) is 9.24. The maximum Gasteiger partial charge on any atom is 0.242 e. The first-order chi connectivity index (χ1) is 13.8. The second-order valence-corrected chi connectivity index (χ2v) is 9.17. The lowest BCUT2D eigenvalue weighted by Gasteiger charge is -2.12. The van der Waals surface area contributed by atoms with Crippen molar-refractivity contribution in [2.45, 2.75) is 24.8 Å². The predicted molar refractivity (Wildman–Crippen MR) is 113 cm³/mol. The molecule has 1 aromatic carbocycles. The largest absolute Gasteiger partial charge is 0.336 e. The van der Waals surface area contributed by atoms with E-state index >= 15 is 0 Å². The highest BCUT2D eigenvalue weighted by Crippen LogP contribution is 2.28. The van der Waals surface area contributed by atoms with Crippen molar-refractivity contribution in [1.29, 1.82) is 0 Å². The molecule has 3 aromatic rings. The summed E-state index contributed by atoms with van der Waals surface area (Å²) in [5, 5.41) is 0. The van der Waals surface area contributed by atoms with Gasteiger partial charge in [0.1, 0.15) is 5.83 Å². The van der Waals surface area contributed by atoms with E-state index in [0.29, 0.717) is 6.42 Å². The predicted octanol–water partition coefficient (Wildman–Crippen LogP) is 3.00. The number of allylic oxidation sites excluding steroid dienone is 1. The minimum absolute atomic E-state index is 0.0836. The molecule has 0 aliphatic carbocycles. The van der Waals surface area contributed by atoms with E-state index in [9.17, 15) is 12.8 Å². The summed E-state index contributed by atoms with van der Waals surface area (Å²) >= 11 is 0. The van der Waals surface area contributed by atoms with Gasteiger partial charge < -0.3 is 10.3 Å². The molecule has 2 N–H and O–H groups in total. The first kappa shape index (κ1) is 21.2. The van der Waals surface area contributed by atoms with Crippen LogP contribution in [0.3, 0.4) is 0 Å². The minimum Gasteiger partial charge on any atom is -0.336 e. The highest BCUT2D eigenvalue weighted by atomic mass is 32.2. The Morgan fingerprint density at radius 1 is 1.28 bits per heavy atom. The summed E-state index contributed by atoms with van der Waals surface area (Å²) in [6.45, 7) is 2.15. The van der Waals surface area contributed by atoms with Gasteiger partial charge >= 0.3 is 0 Å². The van der Waals surface area contributed by atoms with Crippen LogP contribution in [-0.2, 0) is 23.0 Å². The second kappa shape index (κ2) is 8.44. The SMILES string of the molecule is Cc1c(Cc2cccc(S(=O)(=O)N(C)C)c2)c2ncccc2n1CC(F)=CCN. The summed E-state index contributed by atoms with van der Waals surface area (Å²) in [6, 6.07) is 10.6. The van der Waals surface area contributed by atoms with Crippen LogP contribution in [0.25, 0.3) is 11.0 Å². The van der Waals surface area contributed by atoms with Gasteiger partial charge in [-0.2, -0.15) is 0 Å². The van der Waals surface area contributed by atoms with Crippen LogP contribution in [0.5, 0.6) is 0 Å². The molecule has 2 aromatic heterocycles. The van der Waals surface area contributed by atoms with E-state index in [0.717, 1.165) is 27.9 Å². The zero-order valence-electron chi connectivity index (χ0n) is 16.8. The van der Waals surface area contributed by atoms with Crippen LogP contribution in [0.1, 0.15) is 16.8 Å². The number of sulfonamides is 1. The molecule has 3 rings (SSSR count). The number of nitrogens with zero attached hydrogens (tertiary/aromatic N) is 3. The lowest BCUT2D eigenvalue weighted by Crippen LogP contribution is -2.22. The van der Waals surface area contributed by atoms with Crippen LogP contribution in [0.15, 0.2) is 59.4 Å². The third kappa shape index (κ3) is 4.24. The van der Waals surface area contributed by atoms with E-state index in [1.54, 1.807) is 24.4 Å². The van der Waals surface area contributed by atoms with Crippen molar-refractivity contribution in [3.05, 3.63) is 71.3 Å². The van der Waals surface area contributed by atoms with Gasteiger partial charge in [0, 0.05) is 44.5 Å². The van der Waals surface area contributed by atoms with Crippen molar-refractivity contribution in [1.82, 2.24) is 13.9 Å². The lowest BCUT2D eigenvalue weighted by molar-refractivity contribution is 0.520. The molecular weight excluding hydrogens is 391 g/mol. The third-order valence-electron chi connectivity index (χ3n) is 4.91. The molecule has 0 amide bonds. The number of pyridine rings is 1. The van der Waals surface area contributed by atoms with Gasteiger partial charge in [-0.05, 0) is 42.8 Å². The number of hydrogen-bond acceptors (Lipinski definition) is 4. The van der Waals surface area contributed by atoms with Gasteiger partial charge in [-0.3, -0.25) is 4.98 Å². The molecular formula is C21H25FN4O2S.